The highest BCUT2D eigenvalue weighted by Crippen LogP contribution is 2.31. The molecule has 3 nitrogen and oxygen atoms in total. The van der Waals surface area contributed by atoms with Gasteiger partial charge in [-0.3, -0.25) is 4.79 Å². The van der Waals surface area contributed by atoms with Crippen molar-refractivity contribution >= 4 is 21.8 Å². The Morgan fingerprint density at radius 3 is 2.63 bits per heavy atom. The average molecular weight is 325 g/mol. The number of benzene rings is 1. The van der Waals surface area contributed by atoms with E-state index in [1.807, 2.05) is 24.1 Å². The van der Waals surface area contributed by atoms with Gasteiger partial charge in [0.1, 0.15) is 0 Å². The summed E-state index contributed by atoms with van der Waals surface area (Å²) >= 11 is 3.43. The lowest BCUT2D eigenvalue weighted by Gasteiger charge is -2.31. The molecule has 19 heavy (non-hydrogen) atoms. The maximum absolute atomic E-state index is 12.6. The van der Waals surface area contributed by atoms with Crippen molar-refractivity contribution in [3.63, 3.8) is 0 Å². The lowest BCUT2D eigenvalue weighted by Crippen LogP contribution is -2.42. The normalized spacial score (nSPS) is 22.5. The molecule has 1 unspecified atom stereocenters. The summed E-state index contributed by atoms with van der Waals surface area (Å²) in [7, 11) is 1.90. The third-order valence-corrected chi connectivity index (χ3v) is 4.58. The van der Waals surface area contributed by atoms with Gasteiger partial charge in [0.25, 0.3) is 0 Å². The Bertz CT molecular complexity index is 438. The number of nitrogens with one attached hydrogen (secondary N) is 1. The van der Waals surface area contributed by atoms with E-state index in [4.69, 9.17) is 0 Å². The zero-order valence-corrected chi connectivity index (χ0v) is 13.2. The fourth-order valence-electron chi connectivity index (χ4n) is 2.72. The summed E-state index contributed by atoms with van der Waals surface area (Å²) in [6.45, 7) is 4.55. The molecule has 104 valence electrons. The number of carbonyl (C=O) groups is 1. The standard InChI is InChI=1S/C15H21BrN2O/c1-3-15(8-9-17-11-15)14(19)18(2)10-12-4-6-13(16)7-5-12/h4-7,17H,3,8-11H2,1-2H3. The van der Waals surface area contributed by atoms with Crippen molar-refractivity contribution < 1.29 is 4.79 Å². The minimum atomic E-state index is -0.190. The summed E-state index contributed by atoms with van der Waals surface area (Å²) in [5.41, 5.74) is 0.973. The van der Waals surface area contributed by atoms with Crippen LogP contribution < -0.4 is 5.32 Å². The summed E-state index contributed by atoms with van der Waals surface area (Å²) in [6, 6.07) is 8.14. The molecule has 4 heteroatoms. The molecule has 0 spiro atoms. The van der Waals surface area contributed by atoms with E-state index in [0.717, 1.165) is 36.0 Å². The van der Waals surface area contributed by atoms with Crippen LogP contribution in [0, 0.1) is 5.41 Å². The summed E-state index contributed by atoms with van der Waals surface area (Å²) in [6.07, 6.45) is 1.86. The Kier molecular flexibility index (Phi) is 4.63. The van der Waals surface area contributed by atoms with Crippen molar-refractivity contribution in [1.29, 1.82) is 0 Å². The van der Waals surface area contributed by atoms with Gasteiger partial charge in [-0.15, -0.1) is 0 Å². The van der Waals surface area contributed by atoms with E-state index in [2.05, 4.69) is 40.3 Å². The Hall–Kier alpha value is -0.870. The highest BCUT2D eigenvalue weighted by atomic mass is 79.9. The monoisotopic (exact) mass is 324 g/mol. The third-order valence-electron chi connectivity index (χ3n) is 4.05. The average Bonchev–Trinajstić information content (AvgIpc) is 2.90. The van der Waals surface area contributed by atoms with Crippen LogP contribution in [0.25, 0.3) is 0 Å². The molecule has 1 N–H and O–H groups in total. The van der Waals surface area contributed by atoms with Crippen molar-refractivity contribution in [2.45, 2.75) is 26.3 Å². The summed E-state index contributed by atoms with van der Waals surface area (Å²) in [5.74, 6) is 0.267. The fourth-order valence-corrected chi connectivity index (χ4v) is 2.98. The zero-order chi connectivity index (χ0) is 13.9. The van der Waals surface area contributed by atoms with Gasteiger partial charge in [-0.2, -0.15) is 0 Å². The Labute approximate surface area is 123 Å². The molecule has 1 atom stereocenters. The van der Waals surface area contributed by atoms with Crippen molar-refractivity contribution in [2.75, 3.05) is 20.1 Å². The second-order valence-electron chi connectivity index (χ2n) is 5.35. The van der Waals surface area contributed by atoms with E-state index >= 15 is 0 Å². The molecule has 1 amide bonds. The highest BCUT2D eigenvalue weighted by Gasteiger charge is 2.40. The van der Waals surface area contributed by atoms with Crippen molar-refractivity contribution in [1.82, 2.24) is 10.2 Å². The van der Waals surface area contributed by atoms with Crippen LogP contribution in [-0.4, -0.2) is 30.9 Å². The van der Waals surface area contributed by atoms with E-state index in [1.165, 1.54) is 0 Å². The Morgan fingerprint density at radius 2 is 2.11 bits per heavy atom. The highest BCUT2D eigenvalue weighted by molar-refractivity contribution is 9.10. The lowest BCUT2D eigenvalue weighted by molar-refractivity contribution is -0.140. The van der Waals surface area contributed by atoms with E-state index in [-0.39, 0.29) is 11.3 Å². The number of rotatable bonds is 4. The number of carbonyl (C=O) groups excluding carboxylic acids is 1. The van der Waals surface area contributed by atoms with Gasteiger partial charge in [0, 0.05) is 24.6 Å². The molecule has 1 heterocycles. The largest absolute Gasteiger partial charge is 0.341 e. The van der Waals surface area contributed by atoms with Crippen LogP contribution in [0.3, 0.4) is 0 Å². The smallest absolute Gasteiger partial charge is 0.230 e. The van der Waals surface area contributed by atoms with Gasteiger partial charge in [-0.25, -0.2) is 0 Å². The van der Waals surface area contributed by atoms with Gasteiger partial charge in [0.15, 0.2) is 0 Å². The van der Waals surface area contributed by atoms with Crippen molar-refractivity contribution in [3.05, 3.63) is 34.3 Å². The Balaban J connectivity index is 2.04. The predicted octanol–water partition coefficient (Wildman–Crippen LogP) is 2.80. The van der Waals surface area contributed by atoms with Gasteiger partial charge < -0.3 is 10.2 Å². The Morgan fingerprint density at radius 1 is 1.42 bits per heavy atom. The maximum Gasteiger partial charge on any atom is 0.230 e. The maximum atomic E-state index is 12.6. The predicted molar refractivity (Wildman–Crippen MR) is 80.8 cm³/mol. The first-order valence-corrected chi connectivity index (χ1v) is 7.57. The molecule has 1 aromatic carbocycles. The zero-order valence-electron chi connectivity index (χ0n) is 11.6. The van der Waals surface area contributed by atoms with Gasteiger partial charge in [0.2, 0.25) is 5.91 Å². The third kappa shape index (κ3) is 3.18. The first-order valence-electron chi connectivity index (χ1n) is 6.78. The number of nitrogens with zero attached hydrogens (tertiary/aromatic N) is 1. The lowest BCUT2D eigenvalue weighted by atomic mass is 9.83. The minimum Gasteiger partial charge on any atom is -0.341 e. The molecule has 0 aliphatic carbocycles. The second-order valence-corrected chi connectivity index (χ2v) is 6.26. The van der Waals surface area contributed by atoms with Crippen molar-refractivity contribution in [2.24, 2.45) is 5.41 Å². The van der Waals surface area contributed by atoms with Crippen LogP contribution in [0.1, 0.15) is 25.3 Å². The van der Waals surface area contributed by atoms with E-state index in [1.54, 1.807) is 0 Å². The summed E-state index contributed by atoms with van der Waals surface area (Å²) in [5, 5.41) is 3.32. The van der Waals surface area contributed by atoms with Crippen LogP contribution in [0.5, 0.6) is 0 Å². The van der Waals surface area contributed by atoms with Gasteiger partial charge in [0.05, 0.1) is 5.41 Å². The van der Waals surface area contributed by atoms with Crippen LogP contribution in [0.15, 0.2) is 28.7 Å². The van der Waals surface area contributed by atoms with E-state index in [9.17, 15) is 4.79 Å². The molecule has 0 radical (unpaired) electrons. The first-order chi connectivity index (χ1) is 9.07. The molecule has 1 aromatic rings. The molecule has 1 fully saturated rings. The van der Waals surface area contributed by atoms with E-state index in [0.29, 0.717) is 6.54 Å². The van der Waals surface area contributed by atoms with Crippen LogP contribution in [0.2, 0.25) is 0 Å². The SMILES string of the molecule is CCC1(C(=O)N(C)Cc2ccc(Br)cc2)CCNC1. The number of amides is 1. The molecule has 0 bridgehead atoms. The molecule has 1 aliphatic heterocycles. The van der Waals surface area contributed by atoms with Crippen LogP contribution in [0.4, 0.5) is 0 Å². The molecular formula is C15H21BrN2O. The topological polar surface area (TPSA) is 32.3 Å². The van der Waals surface area contributed by atoms with Gasteiger partial charge in [-0.1, -0.05) is 35.0 Å². The minimum absolute atomic E-state index is 0.190. The number of hydrogen-bond donors (Lipinski definition) is 1. The number of hydrogen-bond acceptors (Lipinski definition) is 2. The van der Waals surface area contributed by atoms with E-state index < -0.39 is 0 Å². The molecule has 1 saturated heterocycles. The van der Waals surface area contributed by atoms with Gasteiger partial charge >= 0.3 is 0 Å². The molecular weight excluding hydrogens is 304 g/mol. The summed E-state index contributed by atoms with van der Waals surface area (Å²) < 4.78 is 1.07. The number of halogens is 1. The molecule has 0 saturated carbocycles. The first kappa shape index (κ1) is 14.5. The second kappa shape index (κ2) is 6.06. The van der Waals surface area contributed by atoms with Crippen LogP contribution >= 0.6 is 15.9 Å². The van der Waals surface area contributed by atoms with Crippen LogP contribution in [-0.2, 0) is 11.3 Å². The fraction of sp³-hybridized carbons (Fsp3) is 0.533. The molecule has 1 aliphatic rings. The quantitative estimate of drug-likeness (QED) is 0.923. The molecule has 0 aromatic heterocycles. The van der Waals surface area contributed by atoms with Crippen molar-refractivity contribution in [3.8, 4) is 0 Å². The summed E-state index contributed by atoms with van der Waals surface area (Å²) in [4.78, 5) is 14.5. The van der Waals surface area contributed by atoms with Gasteiger partial charge in [-0.05, 0) is 37.1 Å². The molecule has 2 rings (SSSR count).